The second kappa shape index (κ2) is 8.36. The molecular formula is C24H24O14. The van der Waals surface area contributed by atoms with Crippen LogP contribution in [0.2, 0.25) is 0 Å². The predicted octanol–water partition coefficient (Wildman–Crippen LogP) is -1.60. The normalized spacial score (nSPS) is 37.1. The Labute approximate surface area is 215 Å². The molecule has 0 radical (unpaired) electrons. The third-order valence-electron chi connectivity index (χ3n) is 8.34. The van der Waals surface area contributed by atoms with Gasteiger partial charge >= 0.3 is 35.8 Å². The molecule has 1 aliphatic carbocycles. The monoisotopic (exact) mass is 536 g/mol. The van der Waals surface area contributed by atoms with Crippen molar-refractivity contribution in [1.82, 2.24) is 0 Å². The molecule has 0 unspecified atom stereocenters. The first-order valence-corrected chi connectivity index (χ1v) is 11.4. The molecule has 8 atom stereocenters. The van der Waals surface area contributed by atoms with E-state index < -0.39 is 94.0 Å². The fraction of sp³-hybridized carbons (Fsp3) is 0.583. The SMILES string of the molecule is COC(=O)C1=C(C(=O)OC)[C@]2(C(=O)OC)O[C@H]1[C@H]1[C@@H]3[C@H]([C@H]12)[C@]1(C(=O)OC)O[C@H]3C(C(=O)OC)=C1C(=O)OC. The highest BCUT2D eigenvalue weighted by molar-refractivity contribution is 6.12. The molecule has 4 aliphatic heterocycles. The van der Waals surface area contributed by atoms with E-state index in [1.165, 1.54) is 0 Å². The average Bonchev–Trinajstić information content (AvgIpc) is 3.61. The molecule has 38 heavy (non-hydrogen) atoms. The molecule has 0 spiro atoms. The summed E-state index contributed by atoms with van der Waals surface area (Å²) in [5.74, 6) is -9.58. The Bertz CT molecular complexity index is 1160. The molecule has 14 nitrogen and oxygen atoms in total. The van der Waals surface area contributed by atoms with Gasteiger partial charge in [-0.05, 0) is 0 Å². The molecule has 1 saturated carbocycles. The van der Waals surface area contributed by atoms with Gasteiger partial charge in [-0.2, -0.15) is 0 Å². The van der Waals surface area contributed by atoms with E-state index in [9.17, 15) is 28.8 Å². The number of ether oxygens (including phenoxy) is 8. The van der Waals surface area contributed by atoms with Gasteiger partial charge in [0, 0.05) is 23.7 Å². The van der Waals surface area contributed by atoms with Crippen molar-refractivity contribution < 1.29 is 66.7 Å². The average molecular weight is 536 g/mol. The van der Waals surface area contributed by atoms with Crippen molar-refractivity contribution in [2.24, 2.45) is 23.7 Å². The van der Waals surface area contributed by atoms with E-state index >= 15 is 0 Å². The minimum Gasteiger partial charge on any atom is -0.467 e. The maximum Gasteiger partial charge on any atom is 0.343 e. The van der Waals surface area contributed by atoms with E-state index in [0.29, 0.717) is 0 Å². The molecule has 0 amide bonds. The Morgan fingerprint density at radius 1 is 0.526 bits per heavy atom. The van der Waals surface area contributed by atoms with Crippen LogP contribution in [0.4, 0.5) is 0 Å². The number of carbonyl (C=O) groups excluding carboxylic acids is 6. The summed E-state index contributed by atoms with van der Waals surface area (Å²) in [5, 5.41) is 0. The van der Waals surface area contributed by atoms with E-state index in [0.717, 1.165) is 42.7 Å². The number of hydrogen-bond donors (Lipinski definition) is 0. The van der Waals surface area contributed by atoms with E-state index in [1.54, 1.807) is 0 Å². The number of carbonyl (C=O) groups is 6. The van der Waals surface area contributed by atoms with E-state index in [4.69, 9.17) is 37.9 Å². The standard InChI is InChI=1S/C24H24O14/c1-31-17(25)9-13(19(27)33-3)23(21(29)35-5)11-7(15(9)37-23)8-12(11)24(22(30)36-6)14(20(28)34-4)10(16(8)38-24)18(26)32-2/h7-8,11-12,15-16H,1-6H3/t7-,8+,11-,12+,15-,16+,23+,24-. The highest BCUT2D eigenvalue weighted by Gasteiger charge is 2.88. The van der Waals surface area contributed by atoms with Gasteiger partial charge in [-0.15, -0.1) is 0 Å². The lowest BCUT2D eigenvalue weighted by Gasteiger charge is -2.56. The molecule has 0 N–H and O–H groups in total. The molecular weight excluding hydrogens is 512 g/mol. The molecule has 0 aromatic rings. The minimum atomic E-state index is -2.20. The molecule has 2 saturated heterocycles. The van der Waals surface area contributed by atoms with Crippen molar-refractivity contribution >= 4 is 35.8 Å². The molecule has 204 valence electrons. The molecule has 4 heterocycles. The van der Waals surface area contributed by atoms with Crippen LogP contribution in [0.5, 0.6) is 0 Å². The Balaban J connectivity index is 1.79. The lowest BCUT2D eigenvalue weighted by atomic mass is 9.41. The topological polar surface area (TPSA) is 176 Å². The first-order chi connectivity index (χ1) is 18.1. The Hall–Kier alpha value is -3.78. The first kappa shape index (κ1) is 25.9. The number of rotatable bonds is 6. The predicted molar refractivity (Wildman–Crippen MR) is 115 cm³/mol. The van der Waals surface area contributed by atoms with Gasteiger partial charge in [0.15, 0.2) is 0 Å². The molecule has 0 aromatic heterocycles. The lowest BCUT2D eigenvalue weighted by Crippen LogP contribution is -2.69. The van der Waals surface area contributed by atoms with Crippen LogP contribution in [0, 0.1) is 23.7 Å². The van der Waals surface area contributed by atoms with Crippen molar-refractivity contribution in [3.8, 4) is 0 Å². The zero-order valence-electron chi connectivity index (χ0n) is 21.2. The smallest absolute Gasteiger partial charge is 0.343 e. The van der Waals surface area contributed by atoms with Gasteiger partial charge in [-0.25, -0.2) is 28.8 Å². The fourth-order valence-electron chi connectivity index (χ4n) is 7.25. The van der Waals surface area contributed by atoms with Crippen molar-refractivity contribution in [2.45, 2.75) is 23.4 Å². The van der Waals surface area contributed by atoms with Crippen LogP contribution < -0.4 is 0 Å². The van der Waals surface area contributed by atoms with E-state index in [2.05, 4.69) is 0 Å². The fourth-order valence-corrected chi connectivity index (χ4v) is 7.25. The maximum atomic E-state index is 13.4. The summed E-state index contributed by atoms with van der Waals surface area (Å²) in [6.07, 6.45) is -2.36. The minimum absolute atomic E-state index is 0.240. The Morgan fingerprint density at radius 3 is 1.11 bits per heavy atom. The number of esters is 6. The molecule has 0 aromatic carbocycles. The summed E-state index contributed by atoms with van der Waals surface area (Å²) in [5.41, 5.74) is -5.74. The van der Waals surface area contributed by atoms with Crippen LogP contribution in [0.25, 0.3) is 0 Å². The number of fused-ring (bicyclic) bond motifs is 12. The van der Waals surface area contributed by atoms with Crippen LogP contribution in [0.1, 0.15) is 0 Å². The van der Waals surface area contributed by atoms with Crippen molar-refractivity contribution in [3.63, 3.8) is 0 Å². The summed E-state index contributed by atoms with van der Waals surface area (Å²) in [4.78, 5) is 78.6. The highest BCUT2D eigenvalue weighted by Crippen LogP contribution is 2.76. The second-order valence-corrected chi connectivity index (χ2v) is 9.28. The van der Waals surface area contributed by atoms with Gasteiger partial charge in [0.05, 0.1) is 77.2 Å². The lowest BCUT2D eigenvalue weighted by molar-refractivity contribution is -0.181. The van der Waals surface area contributed by atoms with Gasteiger partial charge < -0.3 is 37.9 Å². The second-order valence-electron chi connectivity index (χ2n) is 9.28. The van der Waals surface area contributed by atoms with Crippen molar-refractivity contribution in [2.75, 3.05) is 42.7 Å². The molecule has 5 rings (SSSR count). The first-order valence-electron chi connectivity index (χ1n) is 11.4. The van der Waals surface area contributed by atoms with Gasteiger partial charge in [-0.3, -0.25) is 0 Å². The van der Waals surface area contributed by atoms with Gasteiger partial charge in [0.1, 0.15) is 0 Å². The van der Waals surface area contributed by atoms with Gasteiger partial charge in [-0.1, -0.05) is 0 Å². The molecule has 14 heteroatoms. The van der Waals surface area contributed by atoms with Gasteiger partial charge in [0.2, 0.25) is 11.2 Å². The maximum absolute atomic E-state index is 13.4. The summed E-state index contributed by atoms with van der Waals surface area (Å²) in [7, 11) is 6.42. The van der Waals surface area contributed by atoms with Crippen LogP contribution in [-0.4, -0.2) is 102 Å². The third-order valence-corrected chi connectivity index (χ3v) is 8.34. The van der Waals surface area contributed by atoms with Crippen LogP contribution in [0.15, 0.2) is 22.3 Å². The number of hydrogen-bond acceptors (Lipinski definition) is 14. The van der Waals surface area contributed by atoms with Crippen molar-refractivity contribution in [3.05, 3.63) is 22.3 Å². The van der Waals surface area contributed by atoms with Crippen LogP contribution >= 0.6 is 0 Å². The zero-order valence-corrected chi connectivity index (χ0v) is 21.2. The van der Waals surface area contributed by atoms with Gasteiger partial charge in [0.25, 0.3) is 0 Å². The van der Waals surface area contributed by atoms with E-state index in [1.807, 2.05) is 0 Å². The van der Waals surface area contributed by atoms with Crippen molar-refractivity contribution in [1.29, 1.82) is 0 Å². The summed E-state index contributed by atoms with van der Waals surface area (Å²) in [6, 6.07) is 0. The summed E-state index contributed by atoms with van der Waals surface area (Å²) < 4.78 is 41.8. The van der Waals surface area contributed by atoms with E-state index in [-0.39, 0.29) is 11.1 Å². The van der Waals surface area contributed by atoms with Crippen LogP contribution in [-0.2, 0) is 66.7 Å². The summed E-state index contributed by atoms with van der Waals surface area (Å²) in [6.45, 7) is 0. The number of methoxy groups -OCH3 is 6. The molecule has 4 bridgehead atoms. The van der Waals surface area contributed by atoms with Crippen LogP contribution in [0.3, 0.4) is 0 Å². The molecule has 3 fully saturated rings. The quantitative estimate of drug-likeness (QED) is 0.280. The molecule has 5 aliphatic rings. The summed E-state index contributed by atoms with van der Waals surface area (Å²) >= 11 is 0. The largest absolute Gasteiger partial charge is 0.467 e. The zero-order chi connectivity index (χ0) is 27.9. The Kier molecular flexibility index (Phi) is 5.69. The third kappa shape index (κ3) is 2.59. The Morgan fingerprint density at radius 2 is 0.842 bits per heavy atom. The highest BCUT2D eigenvalue weighted by atomic mass is 16.6.